The van der Waals surface area contributed by atoms with Crippen molar-refractivity contribution in [2.24, 2.45) is 0 Å². The number of rotatable bonds is 4. The molecule has 3 rings (SSSR count). The summed E-state index contributed by atoms with van der Waals surface area (Å²) >= 11 is 8.01. The first kappa shape index (κ1) is 14.5. The van der Waals surface area contributed by atoms with Crippen molar-refractivity contribution < 1.29 is 0 Å². The molecule has 1 aromatic heterocycles. The van der Waals surface area contributed by atoms with Crippen molar-refractivity contribution in [1.29, 1.82) is 0 Å². The Morgan fingerprint density at radius 2 is 1.86 bits per heavy atom. The number of aromatic amines is 1. The van der Waals surface area contributed by atoms with Crippen molar-refractivity contribution in [3.63, 3.8) is 0 Å². The first-order valence-corrected chi connectivity index (χ1v) is 8.00. The molecule has 0 fully saturated rings. The maximum absolute atomic E-state index is 6.23. The van der Waals surface area contributed by atoms with Crippen molar-refractivity contribution in [3.8, 4) is 0 Å². The van der Waals surface area contributed by atoms with Gasteiger partial charge in [-0.1, -0.05) is 53.7 Å². The lowest BCUT2D eigenvalue weighted by Crippen LogP contribution is -2.11. The summed E-state index contributed by atoms with van der Waals surface area (Å²) < 4.78 is 0. The number of nitrogens with zero attached hydrogens (tertiary/aromatic N) is 1. The van der Waals surface area contributed by atoms with Crippen molar-refractivity contribution in [2.45, 2.75) is 16.3 Å². The normalized spacial score (nSPS) is 11.4. The van der Waals surface area contributed by atoms with Crippen LogP contribution in [0.25, 0.3) is 10.9 Å². The van der Waals surface area contributed by atoms with Gasteiger partial charge in [0.25, 0.3) is 0 Å². The SMILES string of the molecule is CN(C)Cc1ccccc1Sc1c[nH]c2c(Cl)cccc12. The van der Waals surface area contributed by atoms with Crippen molar-refractivity contribution in [2.75, 3.05) is 14.1 Å². The second-order valence-corrected chi connectivity index (χ2v) is 6.75. The molecule has 4 heteroatoms. The Kier molecular flexibility index (Phi) is 4.24. The Morgan fingerprint density at radius 3 is 2.67 bits per heavy atom. The largest absolute Gasteiger partial charge is 0.359 e. The average molecular weight is 317 g/mol. The van der Waals surface area contributed by atoms with Gasteiger partial charge in [0.2, 0.25) is 0 Å². The second kappa shape index (κ2) is 6.14. The summed E-state index contributed by atoms with van der Waals surface area (Å²) in [5.74, 6) is 0. The van der Waals surface area contributed by atoms with Crippen LogP contribution in [0.15, 0.2) is 58.5 Å². The van der Waals surface area contributed by atoms with Gasteiger partial charge in [0.05, 0.1) is 10.5 Å². The van der Waals surface area contributed by atoms with E-state index in [0.29, 0.717) is 0 Å². The maximum Gasteiger partial charge on any atom is 0.0655 e. The third-order valence-corrected chi connectivity index (χ3v) is 4.80. The van der Waals surface area contributed by atoms with E-state index in [4.69, 9.17) is 11.6 Å². The molecule has 1 heterocycles. The molecular formula is C17H17ClN2S. The lowest BCUT2D eigenvalue weighted by atomic mass is 10.2. The molecule has 0 aliphatic rings. The van der Waals surface area contributed by atoms with E-state index in [9.17, 15) is 0 Å². The Hall–Kier alpha value is -1.42. The molecule has 21 heavy (non-hydrogen) atoms. The molecule has 0 unspecified atom stereocenters. The zero-order valence-electron chi connectivity index (χ0n) is 12.1. The molecule has 0 radical (unpaired) electrons. The molecule has 2 nitrogen and oxygen atoms in total. The van der Waals surface area contributed by atoms with Crippen LogP contribution in [0.1, 0.15) is 5.56 Å². The third kappa shape index (κ3) is 3.10. The summed E-state index contributed by atoms with van der Waals surface area (Å²) in [5, 5.41) is 1.94. The number of fused-ring (bicyclic) bond motifs is 1. The summed E-state index contributed by atoms with van der Waals surface area (Å²) in [6, 6.07) is 14.5. The highest BCUT2D eigenvalue weighted by atomic mass is 35.5. The summed E-state index contributed by atoms with van der Waals surface area (Å²) in [7, 11) is 4.18. The van der Waals surface area contributed by atoms with Gasteiger partial charge < -0.3 is 9.88 Å². The predicted octanol–water partition coefficient (Wildman–Crippen LogP) is 5.03. The topological polar surface area (TPSA) is 19.0 Å². The number of nitrogens with one attached hydrogen (secondary N) is 1. The first-order chi connectivity index (χ1) is 10.1. The zero-order valence-corrected chi connectivity index (χ0v) is 13.6. The van der Waals surface area contributed by atoms with E-state index in [-0.39, 0.29) is 0 Å². The molecule has 0 aliphatic heterocycles. The number of aromatic nitrogens is 1. The van der Waals surface area contributed by atoms with E-state index in [1.54, 1.807) is 11.8 Å². The van der Waals surface area contributed by atoms with Gasteiger partial charge in [0, 0.05) is 27.9 Å². The maximum atomic E-state index is 6.23. The molecule has 3 aromatic rings. The molecule has 0 saturated heterocycles. The highest BCUT2D eigenvalue weighted by Crippen LogP contribution is 2.37. The van der Waals surface area contributed by atoms with Crippen molar-refractivity contribution in [1.82, 2.24) is 9.88 Å². The molecule has 0 bridgehead atoms. The van der Waals surface area contributed by atoms with E-state index in [2.05, 4.69) is 54.3 Å². The number of para-hydroxylation sites is 1. The molecule has 0 atom stereocenters. The summed E-state index contributed by atoms with van der Waals surface area (Å²) in [5.41, 5.74) is 2.34. The number of hydrogen-bond acceptors (Lipinski definition) is 2. The van der Waals surface area contributed by atoms with Gasteiger partial charge in [0.15, 0.2) is 0 Å². The van der Waals surface area contributed by atoms with Crippen molar-refractivity contribution in [3.05, 3.63) is 59.2 Å². The molecule has 0 aliphatic carbocycles. The standard InChI is InChI=1S/C17H17ClN2S/c1-20(2)11-12-6-3-4-9-15(12)21-16-10-19-17-13(16)7-5-8-14(17)18/h3-10,19H,11H2,1-2H3. The lowest BCUT2D eigenvalue weighted by Gasteiger charge is -2.13. The molecule has 0 saturated carbocycles. The molecular weight excluding hydrogens is 300 g/mol. The van der Waals surface area contributed by atoms with E-state index >= 15 is 0 Å². The van der Waals surface area contributed by atoms with Gasteiger partial charge in [-0.3, -0.25) is 0 Å². The highest BCUT2D eigenvalue weighted by molar-refractivity contribution is 7.99. The van der Waals surface area contributed by atoms with Crippen LogP contribution in [0.2, 0.25) is 5.02 Å². The summed E-state index contributed by atoms with van der Waals surface area (Å²) in [6.45, 7) is 0.937. The fourth-order valence-corrected chi connectivity index (χ4v) is 3.64. The lowest BCUT2D eigenvalue weighted by molar-refractivity contribution is 0.399. The zero-order chi connectivity index (χ0) is 14.8. The van der Waals surface area contributed by atoms with E-state index < -0.39 is 0 Å². The molecule has 1 N–H and O–H groups in total. The number of H-pyrrole nitrogens is 1. The quantitative estimate of drug-likeness (QED) is 0.727. The van der Waals surface area contributed by atoms with Crippen LogP contribution in [0.4, 0.5) is 0 Å². The monoisotopic (exact) mass is 316 g/mol. The Bertz CT molecular complexity index is 764. The molecule has 108 valence electrons. The minimum atomic E-state index is 0.765. The summed E-state index contributed by atoms with van der Waals surface area (Å²) in [6.07, 6.45) is 2.04. The third-order valence-electron chi connectivity index (χ3n) is 3.31. The smallest absolute Gasteiger partial charge is 0.0655 e. The van der Waals surface area contributed by atoms with Crippen molar-refractivity contribution >= 4 is 34.3 Å². The van der Waals surface area contributed by atoms with Crippen LogP contribution in [0, 0.1) is 0 Å². The highest BCUT2D eigenvalue weighted by Gasteiger charge is 2.10. The number of hydrogen-bond donors (Lipinski definition) is 1. The van der Waals surface area contributed by atoms with E-state index in [0.717, 1.165) is 17.1 Å². The van der Waals surface area contributed by atoms with Crippen LogP contribution >= 0.6 is 23.4 Å². The molecule has 2 aromatic carbocycles. The fraction of sp³-hybridized carbons (Fsp3) is 0.176. The fourth-order valence-electron chi connectivity index (χ4n) is 2.37. The Labute approximate surface area is 134 Å². The number of halogens is 1. The van der Waals surface area contributed by atoms with E-state index in [1.165, 1.54) is 20.7 Å². The minimum absolute atomic E-state index is 0.765. The summed E-state index contributed by atoms with van der Waals surface area (Å²) in [4.78, 5) is 7.95. The van der Waals surface area contributed by atoms with Crippen LogP contribution in [0.3, 0.4) is 0 Å². The van der Waals surface area contributed by atoms with Gasteiger partial charge in [-0.25, -0.2) is 0 Å². The Morgan fingerprint density at radius 1 is 1.05 bits per heavy atom. The van der Waals surface area contributed by atoms with Gasteiger partial charge in [-0.15, -0.1) is 0 Å². The van der Waals surface area contributed by atoms with Gasteiger partial charge >= 0.3 is 0 Å². The van der Waals surface area contributed by atoms with Gasteiger partial charge in [-0.2, -0.15) is 0 Å². The van der Waals surface area contributed by atoms with E-state index in [1.807, 2.05) is 18.3 Å². The van der Waals surface area contributed by atoms with Crippen LogP contribution in [-0.4, -0.2) is 24.0 Å². The minimum Gasteiger partial charge on any atom is -0.359 e. The number of benzene rings is 2. The Balaban J connectivity index is 1.97. The van der Waals surface area contributed by atoms with Crippen LogP contribution in [0.5, 0.6) is 0 Å². The molecule has 0 spiro atoms. The van der Waals surface area contributed by atoms with Crippen LogP contribution in [-0.2, 0) is 6.54 Å². The van der Waals surface area contributed by atoms with Gasteiger partial charge in [-0.05, 0) is 31.8 Å². The van der Waals surface area contributed by atoms with Gasteiger partial charge in [0.1, 0.15) is 0 Å². The second-order valence-electron chi connectivity index (χ2n) is 5.26. The average Bonchev–Trinajstić information content (AvgIpc) is 2.85. The molecule has 0 amide bonds. The predicted molar refractivity (Wildman–Crippen MR) is 91.3 cm³/mol. The van der Waals surface area contributed by atoms with Crippen LogP contribution < -0.4 is 0 Å². The first-order valence-electron chi connectivity index (χ1n) is 6.81.